The molecule has 0 radical (unpaired) electrons. The van der Waals surface area contributed by atoms with Crippen molar-refractivity contribution in [2.45, 2.75) is 32.2 Å². The number of rotatable bonds is 4. The van der Waals surface area contributed by atoms with Gasteiger partial charge in [-0.05, 0) is 19.8 Å². The molecule has 0 saturated heterocycles. The molecule has 1 aliphatic carbocycles. The van der Waals surface area contributed by atoms with Gasteiger partial charge in [0.05, 0.1) is 18.4 Å². The molecule has 1 fully saturated rings. The first-order valence-electron chi connectivity index (χ1n) is 6.15. The normalized spacial score (nSPS) is 14.8. The van der Waals surface area contributed by atoms with Gasteiger partial charge in [0, 0.05) is 24.7 Å². The number of hydrogen-bond donors (Lipinski definition) is 1. The van der Waals surface area contributed by atoms with Crippen molar-refractivity contribution >= 4 is 5.82 Å². The molecule has 18 heavy (non-hydrogen) atoms. The van der Waals surface area contributed by atoms with Crippen LogP contribution in [-0.2, 0) is 13.6 Å². The Morgan fingerprint density at radius 2 is 2.22 bits per heavy atom. The molecular weight excluding hydrogens is 228 g/mol. The van der Waals surface area contributed by atoms with Crippen LogP contribution in [0.4, 0.5) is 5.82 Å². The minimum atomic E-state index is 0.644. The molecule has 0 atom stereocenters. The van der Waals surface area contributed by atoms with Gasteiger partial charge in [-0.1, -0.05) is 5.21 Å². The Balaban J connectivity index is 1.74. The number of nitrogens with zero attached hydrogens (tertiary/aromatic N) is 5. The molecule has 6 heteroatoms. The van der Waals surface area contributed by atoms with Crippen LogP contribution in [0.1, 0.15) is 36.0 Å². The molecule has 1 aliphatic rings. The van der Waals surface area contributed by atoms with Gasteiger partial charge >= 0.3 is 0 Å². The molecule has 0 amide bonds. The Bertz CT molecular complexity index is 557. The molecule has 2 aromatic rings. The first-order chi connectivity index (χ1) is 8.72. The molecule has 0 aromatic carbocycles. The summed E-state index contributed by atoms with van der Waals surface area (Å²) in [6.07, 6.45) is 4.26. The first kappa shape index (κ1) is 11.1. The van der Waals surface area contributed by atoms with Gasteiger partial charge in [-0.25, -0.2) is 9.97 Å². The highest BCUT2D eigenvalue weighted by molar-refractivity contribution is 5.38. The van der Waals surface area contributed by atoms with Crippen molar-refractivity contribution in [2.75, 3.05) is 5.32 Å². The molecule has 0 spiro atoms. The van der Waals surface area contributed by atoms with Crippen molar-refractivity contribution in [3.63, 3.8) is 0 Å². The van der Waals surface area contributed by atoms with Crippen LogP contribution in [0.15, 0.2) is 12.3 Å². The summed E-state index contributed by atoms with van der Waals surface area (Å²) in [6.45, 7) is 2.60. The highest BCUT2D eigenvalue weighted by Crippen LogP contribution is 2.39. The molecule has 0 bridgehead atoms. The van der Waals surface area contributed by atoms with Gasteiger partial charge in [0.2, 0.25) is 0 Å². The number of aryl methyl sites for hydroxylation is 2. The van der Waals surface area contributed by atoms with Gasteiger partial charge in [0.15, 0.2) is 0 Å². The Hall–Kier alpha value is -1.98. The lowest BCUT2D eigenvalue weighted by Gasteiger charge is -2.08. The van der Waals surface area contributed by atoms with Gasteiger partial charge in [-0.3, -0.25) is 4.68 Å². The van der Waals surface area contributed by atoms with E-state index in [1.807, 2.05) is 14.0 Å². The van der Waals surface area contributed by atoms with Crippen LogP contribution in [0.3, 0.4) is 0 Å². The predicted molar refractivity (Wildman–Crippen MR) is 67.1 cm³/mol. The van der Waals surface area contributed by atoms with Gasteiger partial charge in [-0.15, -0.1) is 5.10 Å². The van der Waals surface area contributed by atoms with E-state index in [2.05, 4.69) is 31.7 Å². The van der Waals surface area contributed by atoms with E-state index in [1.54, 1.807) is 10.9 Å². The van der Waals surface area contributed by atoms with Gasteiger partial charge < -0.3 is 5.32 Å². The monoisotopic (exact) mass is 244 g/mol. The van der Waals surface area contributed by atoms with E-state index in [1.165, 1.54) is 12.8 Å². The van der Waals surface area contributed by atoms with Crippen molar-refractivity contribution in [2.24, 2.45) is 7.05 Å². The van der Waals surface area contributed by atoms with Crippen LogP contribution in [0.2, 0.25) is 0 Å². The number of anilines is 1. The van der Waals surface area contributed by atoms with E-state index in [0.29, 0.717) is 12.5 Å². The van der Waals surface area contributed by atoms with Crippen LogP contribution in [0.5, 0.6) is 0 Å². The average Bonchev–Trinajstić information content (AvgIpc) is 3.11. The van der Waals surface area contributed by atoms with Crippen LogP contribution in [-0.4, -0.2) is 25.0 Å². The van der Waals surface area contributed by atoms with E-state index in [9.17, 15) is 0 Å². The second-order valence-electron chi connectivity index (χ2n) is 4.70. The average molecular weight is 244 g/mol. The summed E-state index contributed by atoms with van der Waals surface area (Å²) in [5.41, 5.74) is 2.19. The maximum atomic E-state index is 4.48. The fourth-order valence-electron chi connectivity index (χ4n) is 1.92. The van der Waals surface area contributed by atoms with Gasteiger partial charge in [0.25, 0.3) is 0 Å². The minimum Gasteiger partial charge on any atom is -0.364 e. The molecule has 2 heterocycles. The molecule has 1 saturated carbocycles. The van der Waals surface area contributed by atoms with E-state index in [4.69, 9.17) is 0 Å². The Morgan fingerprint density at radius 3 is 2.89 bits per heavy atom. The van der Waals surface area contributed by atoms with Crippen molar-refractivity contribution in [3.05, 3.63) is 29.5 Å². The zero-order valence-electron chi connectivity index (χ0n) is 10.6. The zero-order chi connectivity index (χ0) is 12.5. The minimum absolute atomic E-state index is 0.644. The van der Waals surface area contributed by atoms with E-state index in [0.717, 1.165) is 23.0 Å². The third-order valence-electron chi connectivity index (χ3n) is 3.11. The van der Waals surface area contributed by atoms with Crippen LogP contribution in [0.25, 0.3) is 0 Å². The summed E-state index contributed by atoms with van der Waals surface area (Å²) in [6, 6.07) is 2.05. The summed E-state index contributed by atoms with van der Waals surface area (Å²) in [7, 11) is 1.88. The third kappa shape index (κ3) is 2.32. The van der Waals surface area contributed by atoms with E-state index in [-0.39, 0.29) is 0 Å². The van der Waals surface area contributed by atoms with Crippen LogP contribution >= 0.6 is 0 Å². The number of nitrogens with one attached hydrogen (secondary N) is 1. The maximum Gasteiger partial charge on any atom is 0.130 e. The second-order valence-corrected chi connectivity index (χ2v) is 4.70. The zero-order valence-corrected chi connectivity index (χ0v) is 10.6. The van der Waals surface area contributed by atoms with Crippen LogP contribution in [0, 0.1) is 6.92 Å². The summed E-state index contributed by atoms with van der Waals surface area (Å²) >= 11 is 0. The van der Waals surface area contributed by atoms with Crippen molar-refractivity contribution in [3.8, 4) is 0 Å². The van der Waals surface area contributed by atoms with Crippen molar-refractivity contribution in [1.82, 2.24) is 25.0 Å². The predicted octanol–water partition coefficient (Wildman–Crippen LogP) is 1.40. The SMILES string of the molecule is Cc1nc(NCc2cnnn2C)cc(C2CC2)n1. The van der Waals surface area contributed by atoms with Gasteiger partial charge in [0.1, 0.15) is 11.6 Å². The lowest BCUT2D eigenvalue weighted by Crippen LogP contribution is -2.08. The van der Waals surface area contributed by atoms with Gasteiger partial charge in [-0.2, -0.15) is 0 Å². The molecule has 2 aromatic heterocycles. The fraction of sp³-hybridized carbons (Fsp3) is 0.500. The highest BCUT2D eigenvalue weighted by atomic mass is 15.4. The lowest BCUT2D eigenvalue weighted by molar-refractivity contribution is 0.683. The molecular formula is C12H16N6. The number of aromatic nitrogens is 5. The van der Waals surface area contributed by atoms with Crippen molar-refractivity contribution in [1.29, 1.82) is 0 Å². The first-order valence-corrected chi connectivity index (χ1v) is 6.15. The molecule has 3 rings (SSSR count). The summed E-state index contributed by atoms with van der Waals surface area (Å²) in [5.74, 6) is 2.35. The highest BCUT2D eigenvalue weighted by Gasteiger charge is 2.25. The molecule has 94 valence electrons. The van der Waals surface area contributed by atoms with E-state index >= 15 is 0 Å². The third-order valence-corrected chi connectivity index (χ3v) is 3.11. The molecule has 1 N–H and O–H groups in total. The number of hydrogen-bond acceptors (Lipinski definition) is 5. The van der Waals surface area contributed by atoms with Crippen molar-refractivity contribution < 1.29 is 0 Å². The summed E-state index contributed by atoms with van der Waals surface area (Å²) < 4.78 is 1.75. The Labute approximate surface area is 105 Å². The summed E-state index contributed by atoms with van der Waals surface area (Å²) in [4.78, 5) is 8.88. The van der Waals surface area contributed by atoms with Crippen LogP contribution < -0.4 is 5.32 Å². The smallest absolute Gasteiger partial charge is 0.130 e. The Morgan fingerprint density at radius 1 is 1.39 bits per heavy atom. The van der Waals surface area contributed by atoms with E-state index < -0.39 is 0 Å². The standard InChI is InChI=1S/C12H16N6/c1-8-15-11(9-3-4-9)5-12(16-8)13-6-10-7-14-17-18(10)2/h5,7,9H,3-4,6H2,1-2H3,(H,13,15,16). The molecule has 0 unspecified atom stereocenters. The molecule has 6 nitrogen and oxygen atoms in total. The quantitative estimate of drug-likeness (QED) is 0.880. The summed E-state index contributed by atoms with van der Waals surface area (Å²) in [5, 5.41) is 11.0. The largest absolute Gasteiger partial charge is 0.364 e. The fourth-order valence-corrected chi connectivity index (χ4v) is 1.92. The molecule has 0 aliphatic heterocycles. The Kier molecular flexibility index (Phi) is 2.70. The second kappa shape index (κ2) is 4.36. The lowest BCUT2D eigenvalue weighted by atomic mass is 10.2. The maximum absolute atomic E-state index is 4.48. The topological polar surface area (TPSA) is 68.5 Å².